The van der Waals surface area contributed by atoms with Crippen LogP contribution in [0.1, 0.15) is 10.4 Å². The largest absolute Gasteiger partial charge is 0.507 e. The van der Waals surface area contributed by atoms with E-state index in [9.17, 15) is 65.8 Å². The average molecular weight is 632 g/mol. The molecule has 3 unspecified atom stereocenters. The third-order valence-corrected chi connectivity index (χ3v) is 6.86. The second-order valence-corrected chi connectivity index (χ2v) is 9.88. The molecule has 5 rings (SSSR count). The third kappa shape index (κ3) is 5.58. The van der Waals surface area contributed by atoms with E-state index in [-0.39, 0.29) is 11.3 Å². The number of benzene rings is 3. The lowest BCUT2D eigenvalue weighted by Crippen LogP contribution is -2.60. The summed E-state index contributed by atoms with van der Waals surface area (Å²) in [5.41, 5.74) is -2.18. The first-order valence-corrected chi connectivity index (χ1v) is 12.7. The lowest BCUT2D eigenvalue weighted by atomic mass is 9.99. The number of hydrogen-bond donors (Lipinski definition) is 11. The van der Waals surface area contributed by atoms with Gasteiger partial charge in [-0.3, -0.25) is 4.79 Å². The molecular weight excluding hydrogens is 608 g/mol. The Morgan fingerprint density at radius 1 is 0.711 bits per heavy atom. The summed E-state index contributed by atoms with van der Waals surface area (Å²) in [6.45, 7) is -0.751. The number of carbonyl (C=O) groups excluding carboxylic acids is 1. The molecule has 1 aliphatic heterocycles. The van der Waals surface area contributed by atoms with Crippen LogP contribution in [-0.2, 0) is 9.47 Å². The standard InChI is InChI=1S/C28H24O17/c29-11-5-10(6-16-18(11)22(37)24(39)26(44-16)8-1-12(30)19(34)13(31)2-8)43-28-25(40)23(38)21(36)17(45-28)7-42-27(41)9-3-14(32)20(35)15(33)4-9/h1-6,17,21,23,25,28-36,38-40H,7H2/t17?,21-,23?,25-,28?/m1/s1. The molecule has 17 nitrogen and oxygen atoms in total. The predicted octanol–water partition coefficient (Wildman–Crippen LogP) is 0.148. The zero-order chi connectivity index (χ0) is 32.9. The van der Waals surface area contributed by atoms with Gasteiger partial charge in [0.05, 0.1) is 5.56 Å². The Kier molecular flexibility index (Phi) is 7.86. The van der Waals surface area contributed by atoms with Crippen LogP contribution in [0.2, 0.25) is 0 Å². The van der Waals surface area contributed by atoms with Crippen molar-refractivity contribution in [1.29, 1.82) is 0 Å². The number of hydrogen-bond acceptors (Lipinski definition) is 17. The SMILES string of the molecule is O=C(OCC1OC(Oc2cc(O)c3c(=O)c(O)c(-c4cc(O)c(O)c(O)c4)oc3c2)[C@H](O)C(O)[C@@H]1O)c1cc(O)c(O)c(O)c1. The normalized spacial score (nSPS) is 21.4. The number of aromatic hydroxyl groups is 8. The van der Waals surface area contributed by atoms with Crippen molar-refractivity contribution in [3.8, 4) is 63.1 Å². The number of aliphatic hydroxyl groups excluding tert-OH is 3. The van der Waals surface area contributed by atoms with E-state index in [1.54, 1.807) is 0 Å². The summed E-state index contributed by atoms with van der Waals surface area (Å²) in [6.07, 6.45) is -8.97. The molecule has 1 fully saturated rings. The third-order valence-electron chi connectivity index (χ3n) is 6.86. The Labute approximate surface area is 249 Å². The second kappa shape index (κ2) is 11.5. The summed E-state index contributed by atoms with van der Waals surface area (Å²) in [6, 6.07) is 5.23. The molecule has 5 atom stereocenters. The van der Waals surface area contributed by atoms with Crippen molar-refractivity contribution in [1.82, 2.24) is 0 Å². The van der Waals surface area contributed by atoms with Crippen LogP contribution < -0.4 is 10.2 Å². The first kappa shape index (κ1) is 30.8. The summed E-state index contributed by atoms with van der Waals surface area (Å²) in [4.78, 5) is 25.2. The minimum Gasteiger partial charge on any atom is -0.507 e. The number of ether oxygens (including phenoxy) is 3. The van der Waals surface area contributed by atoms with Gasteiger partial charge < -0.3 is 74.8 Å². The Morgan fingerprint density at radius 2 is 1.29 bits per heavy atom. The van der Waals surface area contributed by atoms with Gasteiger partial charge in [0.1, 0.15) is 53.5 Å². The molecular formula is C28H24O17. The zero-order valence-electron chi connectivity index (χ0n) is 22.4. The zero-order valence-corrected chi connectivity index (χ0v) is 22.4. The van der Waals surface area contributed by atoms with E-state index in [1.165, 1.54) is 0 Å². The molecule has 0 bridgehead atoms. The van der Waals surface area contributed by atoms with Gasteiger partial charge in [0.15, 0.2) is 40.3 Å². The number of aliphatic hydroxyl groups is 3. The highest BCUT2D eigenvalue weighted by atomic mass is 16.7. The highest BCUT2D eigenvalue weighted by Crippen LogP contribution is 2.42. The van der Waals surface area contributed by atoms with E-state index < -0.39 is 117 Å². The van der Waals surface area contributed by atoms with Gasteiger partial charge >= 0.3 is 5.97 Å². The van der Waals surface area contributed by atoms with Crippen LogP contribution >= 0.6 is 0 Å². The van der Waals surface area contributed by atoms with Crippen molar-refractivity contribution in [2.45, 2.75) is 30.7 Å². The van der Waals surface area contributed by atoms with Crippen molar-refractivity contribution < 1.29 is 79.6 Å². The monoisotopic (exact) mass is 632 g/mol. The van der Waals surface area contributed by atoms with Gasteiger partial charge in [-0.05, 0) is 24.3 Å². The Hall–Kier alpha value is -5.62. The number of rotatable bonds is 6. The summed E-state index contributed by atoms with van der Waals surface area (Å²) in [7, 11) is 0. The highest BCUT2D eigenvalue weighted by molar-refractivity contribution is 5.91. The molecule has 0 radical (unpaired) electrons. The van der Waals surface area contributed by atoms with Crippen molar-refractivity contribution in [2.75, 3.05) is 6.61 Å². The van der Waals surface area contributed by atoms with Gasteiger partial charge in [-0.1, -0.05) is 0 Å². The molecule has 4 aromatic rings. The Bertz CT molecular complexity index is 1820. The van der Waals surface area contributed by atoms with Crippen LogP contribution in [0.3, 0.4) is 0 Å². The van der Waals surface area contributed by atoms with Gasteiger partial charge in [-0.2, -0.15) is 0 Å². The molecule has 0 spiro atoms. The van der Waals surface area contributed by atoms with E-state index in [4.69, 9.17) is 18.6 Å². The first-order chi connectivity index (χ1) is 21.2. The van der Waals surface area contributed by atoms with Crippen LogP contribution in [0.5, 0.6) is 51.7 Å². The Balaban J connectivity index is 1.41. The Morgan fingerprint density at radius 3 is 1.89 bits per heavy atom. The van der Waals surface area contributed by atoms with Crippen molar-refractivity contribution in [3.63, 3.8) is 0 Å². The molecule has 11 N–H and O–H groups in total. The van der Waals surface area contributed by atoms with Crippen molar-refractivity contribution in [2.24, 2.45) is 0 Å². The van der Waals surface area contributed by atoms with Gasteiger partial charge in [0.2, 0.25) is 17.5 Å². The lowest BCUT2D eigenvalue weighted by molar-refractivity contribution is -0.277. The van der Waals surface area contributed by atoms with Crippen LogP contribution in [0.15, 0.2) is 45.6 Å². The van der Waals surface area contributed by atoms with E-state index in [2.05, 4.69) is 0 Å². The summed E-state index contributed by atoms with van der Waals surface area (Å²) in [5, 5.41) is 110. The minimum atomic E-state index is -1.92. The number of phenolic OH excluding ortho intramolecular Hbond substituents is 7. The smallest absolute Gasteiger partial charge is 0.338 e. The molecule has 3 aromatic carbocycles. The van der Waals surface area contributed by atoms with Crippen LogP contribution in [0.4, 0.5) is 0 Å². The van der Waals surface area contributed by atoms with Crippen molar-refractivity contribution >= 4 is 16.9 Å². The van der Waals surface area contributed by atoms with Gasteiger partial charge in [0, 0.05) is 17.7 Å². The molecule has 238 valence electrons. The first-order valence-electron chi connectivity index (χ1n) is 12.7. The molecule has 0 amide bonds. The van der Waals surface area contributed by atoms with E-state index in [0.717, 1.165) is 36.4 Å². The topological polar surface area (TPSA) is 298 Å². The molecule has 17 heteroatoms. The maximum Gasteiger partial charge on any atom is 0.338 e. The maximum atomic E-state index is 12.8. The predicted molar refractivity (Wildman–Crippen MR) is 145 cm³/mol. The fraction of sp³-hybridized carbons (Fsp3) is 0.214. The summed E-state index contributed by atoms with van der Waals surface area (Å²) in [5.74, 6) is -8.86. The number of phenols is 7. The average Bonchev–Trinajstić information content (AvgIpc) is 2.99. The molecule has 0 saturated carbocycles. The minimum absolute atomic E-state index is 0.247. The van der Waals surface area contributed by atoms with Gasteiger partial charge in [-0.25, -0.2) is 4.79 Å². The van der Waals surface area contributed by atoms with E-state index >= 15 is 0 Å². The molecule has 45 heavy (non-hydrogen) atoms. The van der Waals surface area contributed by atoms with Crippen LogP contribution in [0, 0.1) is 0 Å². The van der Waals surface area contributed by atoms with Gasteiger partial charge in [-0.15, -0.1) is 0 Å². The van der Waals surface area contributed by atoms with Crippen molar-refractivity contribution in [3.05, 3.63) is 52.2 Å². The molecule has 1 aromatic heterocycles. The van der Waals surface area contributed by atoms with E-state index in [0.29, 0.717) is 0 Å². The summed E-state index contributed by atoms with van der Waals surface area (Å²) >= 11 is 0. The molecule has 1 saturated heterocycles. The van der Waals surface area contributed by atoms with Crippen LogP contribution in [-0.4, -0.2) is 99.5 Å². The number of esters is 1. The lowest BCUT2D eigenvalue weighted by Gasteiger charge is -2.39. The molecule has 2 heterocycles. The second-order valence-electron chi connectivity index (χ2n) is 9.88. The highest BCUT2D eigenvalue weighted by Gasteiger charge is 2.45. The quantitative estimate of drug-likeness (QED) is 0.0995. The fourth-order valence-corrected chi connectivity index (χ4v) is 4.51. The molecule has 0 aliphatic carbocycles. The van der Waals surface area contributed by atoms with Gasteiger partial charge in [0.25, 0.3) is 0 Å². The number of fused-ring (bicyclic) bond motifs is 1. The summed E-state index contributed by atoms with van der Waals surface area (Å²) < 4.78 is 21.6. The van der Waals surface area contributed by atoms with E-state index in [1.807, 2.05) is 0 Å². The van der Waals surface area contributed by atoms with Crippen LogP contribution in [0.25, 0.3) is 22.3 Å². The maximum absolute atomic E-state index is 12.8. The molecule has 1 aliphatic rings. The number of carbonyl (C=O) groups is 1. The fourth-order valence-electron chi connectivity index (χ4n) is 4.51.